The zero-order chi connectivity index (χ0) is 23.4. The van der Waals surface area contributed by atoms with Crippen molar-refractivity contribution in [2.24, 2.45) is 0 Å². The molecule has 0 spiro atoms. The number of para-hydroxylation sites is 1. The van der Waals surface area contributed by atoms with Gasteiger partial charge in [-0.3, -0.25) is 14.5 Å². The highest BCUT2D eigenvalue weighted by molar-refractivity contribution is 8.00. The van der Waals surface area contributed by atoms with Crippen LogP contribution in [-0.2, 0) is 11.3 Å². The normalized spacial score (nSPS) is 16.5. The van der Waals surface area contributed by atoms with Gasteiger partial charge in [-0.15, -0.1) is 10.2 Å². The number of benzene rings is 2. The molecule has 0 radical (unpaired) electrons. The minimum Gasteiger partial charge on any atom is -0.496 e. The second kappa shape index (κ2) is 10.4. The van der Waals surface area contributed by atoms with Gasteiger partial charge < -0.3 is 9.30 Å². The lowest BCUT2D eigenvalue weighted by Gasteiger charge is -2.22. The van der Waals surface area contributed by atoms with Crippen molar-refractivity contribution in [2.75, 3.05) is 13.7 Å². The Hall–Kier alpha value is -2.84. The van der Waals surface area contributed by atoms with Crippen molar-refractivity contribution in [1.82, 2.24) is 19.7 Å². The maximum absolute atomic E-state index is 13.4. The van der Waals surface area contributed by atoms with E-state index in [9.17, 15) is 9.59 Å². The summed E-state index contributed by atoms with van der Waals surface area (Å²) in [5, 5.41) is 9.57. The number of nitrogens with zero attached hydrogens (tertiary/aromatic N) is 4. The lowest BCUT2D eigenvalue weighted by Crippen LogP contribution is -2.41. The molecule has 2 aromatic carbocycles. The second-order valence-electron chi connectivity index (χ2n) is 7.65. The van der Waals surface area contributed by atoms with Gasteiger partial charge >= 0.3 is 0 Å². The van der Waals surface area contributed by atoms with Crippen LogP contribution in [0, 0.1) is 0 Å². The second-order valence-corrected chi connectivity index (χ2v) is 9.26. The summed E-state index contributed by atoms with van der Waals surface area (Å²) in [6.07, 6.45) is 2.30. The number of hydrogen-bond acceptors (Lipinski definition) is 6. The van der Waals surface area contributed by atoms with Crippen molar-refractivity contribution >= 4 is 35.2 Å². The van der Waals surface area contributed by atoms with E-state index in [1.54, 1.807) is 31.4 Å². The molecule has 7 nitrogen and oxygen atoms in total. The zero-order valence-corrected chi connectivity index (χ0v) is 20.1. The van der Waals surface area contributed by atoms with Crippen LogP contribution in [0.25, 0.3) is 11.4 Å². The number of ether oxygens (including phenoxy) is 1. The van der Waals surface area contributed by atoms with Crippen LogP contribution in [-0.4, -0.2) is 50.4 Å². The Morgan fingerprint density at radius 2 is 1.91 bits per heavy atom. The van der Waals surface area contributed by atoms with E-state index in [4.69, 9.17) is 16.3 Å². The molecule has 1 aromatic heterocycles. The van der Waals surface area contributed by atoms with E-state index in [-0.39, 0.29) is 11.8 Å². The summed E-state index contributed by atoms with van der Waals surface area (Å²) in [6.45, 7) is 3.05. The first-order chi connectivity index (χ1) is 16.0. The van der Waals surface area contributed by atoms with Crippen LogP contribution in [0.2, 0.25) is 5.02 Å². The van der Waals surface area contributed by atoms with Gasteiger partial charge in [-0.2, -0.15) is 0 Å². The van der Waals surface area contributed by atoms with Crippen LogP contribution in [0.3, 0.4) is 0 Å². The van der Waals surface area contributed by atoms with Gasteiger partial charge in [0.15, 0.2) is 11.0 Å². The van der Waals surface area contributed by atoms with Crippen molar-refractivity contribution in [3.8, 4) is 17.1 Å². The predicted octanol–water partition coefficient (Wildman–Crippen LogP) is 4.94. The summed E-state index contributed by atoms with van der Waals surface area (Å²) in [7, 11) is 1.62. The molecule has 4 rings (SSSR count). The zero-order valence-electron chi connectivity index (χ0n) is 18.5. The van der Waals surface area contributed by atoms with Crippen molar-refractivity contribution in [3.05, 3.63) is 59.1 Å². The largest absolute Gasteiger partial charge is 0.496 e. The highest BCUT2D eigenvalue weighted by Crippen LogP contribution is 2.34. The van der Waals surface area contributed by atoms with Crippen molar-refractivity contribution in [1.29, 1.82) is 0 Å². The quantitative estimate of drug-likeness (QED) is 0.461. The molecule has 0 N–H and O–H groups in total. The topological polar surface area (TPSA) is 77.3 Å². The Bertz CT molecular complexity index is 1150. The average molecular weight is 485 g/mol. The molecule has 0 bridgehead atoms. The standard InChI is InChI=1S/C24H25ClN4O3S/c1-3-28-21(18-8-4-5-9-19(18)32-2)26-27-24(28)33-20-10-6-7-15-29(23(20)31)22(30)16-11-13-17(25)14-12-16/h4-5,8-9,11-14,20H,3,6-7,10,15H2,1-2H3. The molecule has 1 aliphatic heterocycles. The Kier molecular flexibility index (Phi) is 7.35. The highest BCUT2D eigenvalue weighted by atomic mass is 35.5. The molecule has 2 amide bonds. The fraction of sp³-hybridized carbons (Fsp3) is 0.333. The third kappa shape index (κ3) is 4.91. The monoisotopic (exact) mass is 484 g/mol. The van der Waals surface area contributed by atoms with Crippen LogP contribution in [0.1, 0.15) is 36.5 Å². The molecule has 33 heavy (non-hydrogen) atoms. The van der Waals surface area contributed by atoms with E-state index < -0.39 is 5.25 Å². The number of rotatable bonds is 6. The third-order valence-corrected chi connectivity index (χ3v) is 7.09. The van der Waals surface area contributed by atoms with Gasteiger partial charge in [0, 0.05) is 23.7 Å². The van der Waals surface area contributed by atoms with Crippen molar-refractivity contribution < 1.29 is 14.3 Å². The first-order valence-corrected chi connectivity index (χ1v) is 12.1. The number of carbonyl (C=O) groups is 2. The van der Waals surface area contributed by atoms with Gasteiger partial charge in [0.05, 0.1) is 17.9 Å². The Labute approximate surface area is 202 Å². The molecule has 2 heterocycles. The van der Waals surface area contributed by atoms with E-state index in [1.165, 1.54) is 16.7 Å². The molecule has 9 heteroatoms. The molecular formula is C24H25ClN4O3S. The predicted molar refractivity (Wildman–Crippen MR) is 129 cm³/mol. The Morgan fingerprint density at radius 3 is 2.64 bits per heavy atom. The van der Waals surface area contributed by atoms with E-state index >= 15 is 0 Å². The number of halogens is 1. The van der Waals surface area contributed by atoms with Gasteiger partial charge in [-0.1, -0.05) is 41.9 Å². The van der Waals surface area contributed by atoms with E-state index in [0.717, 1.165) is 18.4 Å². The van der Waals surface area contributed by atoms with Crippen molar-refractivity contribution in [2.45, 2.75) is 43.1 Å². The maximum atomic E-state index is 13.4. The lowest BCUT2D eigenvalue weighted by atomic mass is 10.2. The number of thioether (sulfide) groups is 1. The number of hydrogen-bond donors (Lipinski definition) is 0. The molecule has 1 saturated heterocycles. The average Bonchev–Trinajstić information content (AvgIpc) is 3.15. The summed E-state index contributed by atoms with van der Waals surface area (Å²) in [5.74, 6) is 0.909. The van der Waals surface area contributed by atoms with Crippen LogP contribution < -0.4 is 4.74 Å². The van der Waals surface area contributed by atoms with Gasteiger partial charge in [0.25, 0.3) is 5.91 Å². The van der Waals surface area contributed by atoms with Gasteiger partial charge in [-0.25, -0.2) is 0 Å². The fourth-order valence-corrected chi connectivity index (χ4v) is 5.21. The molecule has 1 atom stereocenters. The summed E-state index contributed by atoms with van der Waals surface area (Å²) in [6, 6.07) is 14.3. The Morgan fingerprint density at radius 1 is 1.15 bits per heavy atom. The van der Waals surface area contributed by atoms with E-state index in [2.05, 4.69) is 10.2 Å². The SMILES string of the molecule is CCn1c(SC2CCCCN(C(=O)c3ccc(Cl)cc3)C2=O)nnc1-c1ccccc1OC. The number of aromatic nitrogens is 3. The maximum Gasteiger partial charge on any atom is 0.260 e. The summed E-state index contributed by atoms with van der Waals surface area (Å²) in [4.78, 5) is 27.8. The minimum absolute atomic E-state index is 0.193. The molecule has 3 aromatic rings. The first kappa shape index (κ1) is 23.3. The summed E-state index contributed by atoms with van der Waals surface area (Å²) in [5.41, 5.74) is 1.29. The molecule has 172 valence electrons. The number of amides is 2. The minimum atomic E-state index is -0.413. The van der Waals surface area contributed by atoms with Crippen LogP contribution in [0.4, 0.5) is 0 Å². The number of likely N-dealkylation sites (tertiary alicyclic amines) is 1. The third-order valence-electron chi connectivity index (χ3n) is 5.60. The van der Waals surface area contributed by atoms with E-state index in [1.807, 2.05) is 35.8 Å². The van der Waals surface area contributed by atoms with E-state index in [0.29, 0.717) is 46.8 Å². The van der Waals surface area contributed by atoms with Gasteiger partial charge in [0.2, 0.25) is 5.91 Å². The number of methoxy groups -OCH3 is 1. The molecular weight excluding hydrogens is 460 g/mol. The van der Waals surface area contributed by atoms with Crippen molar-refractivity contribution in [3.63, 3.8) is 0 Å². The molecule has 0 aliphatic carbocycles. The fourth-order valence-electron chi connectivity index (χ4n) is 3.88. The highest BCUT2D eigenvalue weighted by Gasteiger charge is 2.33. The van der Waals surface area contributed by atoms with Crippen LogP contribution >= 0.6 is 23.4 Å². The first-order valence-electron chi connectivity index (χ1n) is 10.9. The Balaban J connectivity index is 1.59. The lowest BCUT2D eigenvalue weighted by molar-refractivity contribution is -0.127. The number of carbonyl (C=O) groups excluding carboxylic acids is 2. The summed E-state index contributed by atoms with van der Waals surface area (Å²) < 4.78 is 7.47. The van der Waals surface area contributed by atoms with Gasteiger partial charge in [0.1, 0.15) is 5.75 Å². The molecule has 1 aliphatic rings. The smallest absolute Gasteiger partial charge is 0.260 e. The van der Waals surface area contributed by atoms with Crippen LogP contribution in [0.5, 0.6) is 5.75 Å². The number of imide groups is 1. The van der Waals surface area contributed by atoms with Crippen LogP contribution in [0.15, 0.2) is 53.7 Å². The molecule has 1 fully saturated rings. The summed E-state index contributed by atoms with van der Waals surface area (Å²) >= 11 is 7.31. The van der Waals surface area contributed by atoms with Gasteiger partial charge in [-0.05, 0) is 56.2 Å². The molecule has 0 saturated carbocycles. The molecule has 1 unspecified atom stereocenters.